The van der Waals surface area contributed by atoms with Crippen molar-refractivity contribution < 1.29 is 8.42 Å². The van der Waals surface area contributed by atoms with Crippen LogP contribution < -0.4 is 0 Å². The van der Waals surface area contributed by atoms with Gasteiger partial charge in [0.1, 0.15) is 10.7 Å². The summed E-state index contributed by atoms with van der Waals surface area (Å²) in [5.41, 5.74) is 0.754. The topological polar surface area (TPSA) is 49.7 Å². The standard InChI is InChI=1S/C15H11BrCl2N2O2S/c16-11-8-12(17)13(18)9-14(11)23(21,22)20-7-6-19-15(20)10-4-2-1-3-5-10/h1-5,8-9H,6-7H2. The smallest absolute Gasteiger partial charge is 0.265 e. The quantitative estimate of drug-likeness (QED) is 0.680. The summed E-state index contributed by atoms with van der Waals surface area (Å²) < 4.78 is 27.7. The van der Waals surface area contributed by atoms with Crippen LogP contribution in [-0.4, -0.2) is 31.6 Å². The molecule has 0 bridgehead atoms. The average molecular weight is 434 g/mol. The van der Waals surface area contributed by atoms with Crippen LogP contribution in [0.5, 0.6) is 0 Å². The van der Waals surface area contributed by atoms with Gasteiger partial charge in [-0.15, -0.1) is 0 Å². The lowest BCUT2D eigenvalue weighted by atomic mass is 10.2. The number of nitrogens with zero attached hydrogens (tertiary/aromatic N) is 2. The van der Waals surface area contributed by atoms with Crippen molar-refractivity contribution in [3.63, 3.8) is 0 Å². The lowest BCUT2D eigenvalue weighted by Crippen LogP contribution is -2.35. The third-order valence-corrected chi connectivity index (χ3v) is 6.85. The summed E-state index contributed by atoms with van der Waals surface area (Å²) >= 11 is 15.2. The van der Waals surface area contributed by atoms with E-state index in [9.17, 15) is 8.42 Å². The van der Waals surface area contributed by atoms with Gasteiger partial charge < -0.3 is 0 Å². The van der Waals surface area contributed by atoms with E-state index in [0.29, 0.717) is 23.4 Å². The van der Waals surface area contributed by atoms with Crippen molar-refractivity contribution >= 4 is 55.0 Å². The van der Waals surface area contributed by atoms with E-state index in [1.165, 1.54) is 16.4 Å². The van der Waals surface area contributed by atoms with Gasteiger partial charge in [-0.3, -0.25) is 4.99 Å². The predicted octanol–water partition coefficient (Wildman–Crippen LogP) is 4.21. The molecule has 2 aromatic rings. The molecule has 0 spiro atoms. The molecule has 0 saturated heterocycles. The second-order valence-corrected chi connectivity index (χ2v) is 8.34. The molecule has 0 aromatic heterocycles. The van der Waals surface area contributed by atoms with Crippen LogP contribution in [0.2, 0.25) is 10.0 Å². The molecule has 0 aliphatic carbocycles. The number of sulfonamides is 1. The first-order chi connectivity index (χ1) is 10.9. The highest BCUT2D eigenvalue weighted by Crippen LogP contribution is 2.34. The first kappa shape index (κ1) is 16.8. The Morgan fingerprint density at radius 3 is 2.43 bits per heavy atom. The Morgan fingerprint density at radius 1 is 1.09 bits per heavy atom. The Hall–Kier alpha value is -1.08. The van der Waals surface area contributed by atoms with Gasteiger partial charge in [0.2, 0.25) is 0 Å². The summed E-state index contributed by atoms with van der Waals surface area (Å²) in [4.78, 5) is 4.40. The van der Waals surface area contributed by atoms with Crippen LogP contribution in [0.1, 0.15) is 5.56 Å². The molecule has 0 atom stereocenters. The summed E-state index contributed by atoms with van der Waals surface area (Å²) in [7, 11) is -3.79. The molecule has 0 amide bonds. The zero-order valence-corrected chi connectivity index (χ0v) is 15.6. The van der Waals surface area contributed by atoms with Crippen LogP contribution in [0.3, 0.4) is 0 Å². The van der Waals surface area contributed by atoms with Gasteiger partial charge in [0.05, 0.1) is 23.1 Å². The van der Waals surface area contributed by atoms with Crippen molar-refractivity contribution in [3.05, 3.63) is 62.5 Å². The highest BCUT2D eigenvalue weighted by molar-refractivity contribution is 9.10. The van der Waals surface area contributed by atoms with Gasteiger partial charge in [-0.1, -0.05) is 53.5 Å². The molecule has 120 valence electrons. The largest absolute Gasteiger partial charge is 0.266 e. The Morgan fingerprint density at radius 2 is 1.74 bits per heavy atom. The average Bonchev–Trinajstić information content (AvgIpc) is 3.02. The van der Waals surface area contributed by atoms with Crippen LogP contribution in [0.15, 0.2) is 56.8 Å². The molecule has 2 aromatic carbocycles. The van der Waals surface area contributed by atoms with Crippen molar-refractivity contribution in [2.24, 2.45) is 4.99 Å². The van der Waals surface area contributed by atoms with E-state index in [-0.39, 0.29) is 14.9 Å². The summed E-state index contributed by atoms with van der Waals surface area (Å²) in [5.74, 6) is 0.434. The molecular formula is C15H11BrCl2N2O2S. The Balaban J connectivity index is 2.07. The molecule has 1 aliphatic heterocycles. The molecule has 1 aliphatic rings. The lowest BCUT2D eigenvalue weighted by Gasteiger charge is -2.21. The Labute approximate surface area is 152 Å². The van der Waals surface area contributed by atoms with Crippen molar-refractivity contribution in [1.29, 1.82) is 0 Å². The van der Waals surface area contributed by atoms with Crippen LogP contribution in [0.25, 0.3) is 0 Å². The summed E-state index contributed by atoms with van der Waals surface area (Å²) in [6.45, 7) is 0.710. The van der Waals surface area contributed by atoms with Crippen molar-refractivity contribution in [3.8, 4) is 0 Å². The molecule has 0 radical (unpaired) electrons. The maximum Gasteiger partial charge on any atom is 0.266 e. The van der Waals surface area contributed by atoms with Crippen LogP contribution in [0, 0.1) is 0 Å². The summed E-state index contributed by atoms with van der Waals surface area (Å²) in [6, 6.07) is 12.0. The number of halogens is 3. The number of amidine groups is 1. The normalized spacial score (nSPS) is 14.9. The molecule has 0 N–H and O–H groups in total. The second kappa shape index (κ2) is 6.43. The fourth-order valence-electron chi connectivity index (χ4n) is 2.31. The van der Waals surface area contributed by atoms with E-state index in [1.807, 2.05) is 30.3 Å². The molecule has 4 nitrogen and oxygen atoms in total. The molecule has 3 rings (SSSR count). The molecule has 1 heterocycles. The number of hydrogen-bond acceptors (Lipinski definition) is 3. The number of aliphatic imine (C=N–C) groups is 1. The first-order valence-corrected chi connectivity index (χ1v) is 9.67. The van der Waals surface area contributed by atoms with Gasteiger partial charge >= 0.3 is 0 Å². The van der Waals surface area contributed by atoms with E-state index < -0.39 is 10.0 Å². The fourth-order valence-corrected chi connectivity index (χ4v) is 5.31. The monoisotopic (exact) mass is 432 g/mol. The van der Waals surface area contributed by atoms with E-state index >= 15 is 0 Å². The minimum absolute atomic E-state index is 0.0671. The second-order valence-electron chi connectivity index (χ2n) is 4.85. The molecule has 0 unspecified atom stereocenters. The highest BCUT2D eigenvalue weighted by atomic mass is 79.9. The van der Waals surface area contributed by atoms with E-state index in [2.05, 4.69) is 20.9 Å². The van der Waals surface area contributed by atoms with E-state index in [4.69, 9.17) is 23.2 Å². The van der Waals surface area contributed by atoms with Crippen molar-refractivity contribution in [2.45, 2.75) is 4.90 Å². The van der Waals surface area contributed by atoms with Crippen molar-refractivity contribution in [1.82, 2.24) is 4.31 Å². The molecule has 8 heteroatoms. The Kier molecular flexibility index (Phi) is 4.69. The molecular weight excluding hydrogens is 423 g/mol. The SMILES string of the molecule is O=S(=O)(c1cc(Cl)c(Cl)cc1Br)N1CCN=C1c1ccccc1. The molecule has 0 saturated carbocycles. The van der Waals surface area contributed by atoms with Gasteiger partial charge in [-0.05, 0) is 28.1 Å². The van der Waals surface area contributed by atoms with Crippen LogP contribution in [-0.2, 0) is 10.0 Å². The maximum atomic E-state index is 13.0. The van der Waals surface area contributed by atoms with Gasteiger partial charge in [0, 0.05) is 10.0 Å². The fraction of sp³-hybridized carbons (Fsp3) is 0.133. The lowest BCUT2D eigenvalue weighted by molar-refractivity contribution is 0.537. The van der Waals surface area contributed by atoms with Crippen LogP contribution in [0.4, 0.5) is 0 Å². The third-order valence-electron chi connectivity index (χ3n) is 3.38. The third kappa shape index (κ3) is 3.13. The number of rotatable bonds is 3. The maximum absolute atomic E-state index is 13.0. The molecule has 23 heavy (non-hydrogen) atoms. The zero-order chi connectivity index (χ0) is 16.6. The predicted molar refractivity (Wildman–Crippen MR) is 95.9 cm³/mol. The van der Waals surface area contributed by atoms with E-state index in [0.717, 1.165) is 5.56 Å². The minimum Gasteiger partial charge on any atom is -0.265 e. The van der Waals surface area contributed by atoms with E-state index in [1.54, 1.807) is 0 Å². The summed E-state index contributed by atoms with van der Waals surface area (Å²) in [6.07, 6.45) is 0. The number of benzene rings is 2. The minimum atomic E-state index is -3.79. The highest BCUT2D eigenvalue weighted by Gasteiger charge is 2.33. The van der Waals surface area contributed by atoms with Crippen LogP contribution >= 0.6 is 39.1 Å². The molecule has 0 fully saturated rings. The van der Waals surface area contributed by atoms with Gasteiger partial charge in [-0.2, -0.15) is 0 Å². The zero-order valence-electron chi connectivity index (χ0n) is 11.7. The Bertz CT molecular complexity index is 886. The van der Waals surface area contributed by atoms with Gasteiger partial charge in [0.25, 0.3) is 10.0 Å². The van der Waals surface area contributed by atoms with Crippen molar-refractivity contribution in [2.75, 3.05) is 13.1 Å². The first-order valence-electron chi connectivity index (χ1n) is 6.68. The van der Waals surface area contributed by atoms with Gasteiger partial charge in [-0.25, -0.2) is 12.7 Å². The van der Waals surface area contributed by atoms with Gasteiger partial charge in [0.15, 0.2) is 0 Å². The summed E-state index contributed by atoms with van der Waals surface area (Å²) in [5, 5.41) is 0.474. The number of hydrogen-bond donors (Lipinski definition) is 0.